The molecule has 6 nitrogen and oxygen atoms in total. The molecule has 0 spiro atoms. The van der Waals surface area contributed by atoms with Crippen LogP contribution in [0.5, 0.6) is 5.75 Å². The van der Waals surface area contributed by atoms with Gasteiger partial charge in [-0.25, -0.2) is 4.79 Å². The second-order valence-electron chi connectivity index (χ2n) is 6.04. The Morgan fingerprint density at radius 3 is 3.04 bits per heavy atom. The molecule has 24 heavy (non-hydrogen) atoms. The SMILES string of the molecule is C[C@H](C[C@H](O)c1ccco1)NC(=O)Nc1ccc2c(c1)CCCO2. The zero-order valence-corrected chi connectivity index (χ0v) is 13.6. The summed E-state index contributed by atoms with van der Waals surface area (Å²) in [5.74, 6) is 1.39. The van der Waals surface area contributed by atoms with Gasteiger partial charge in [0.15, 0.2) is 0 Å². The lowest BCUT2D eigenvalue weighted by molar-refractivity contribution is 0.130. The molecular weight excluding hydrogens is 308 g/mol. The summed E-state index contributed by atoms with van der Waals surface area (Å²) in [7, 11) is 0. The number of ether oxygens (including phenoxy) is 1. The molecule has 0 aliphatic carbocycles. The van der Waals surface area contributed by atoms with Gasteiger partial charge in [0, 0.05) is 18.2 Å². The molecule has 1 aromatic carbocycles. The third-order valence-corrected chi connectivity index (χ3v) is 3.99. The van der Waals surface area contributed by atoms with Gasteiger partial charge < -0.3 is 24.9 Å². The number of carbonyl (C=O) groups is 1. The molecule has 3 rings (SSSR count). The molecule has 3 N–H and O–H groups in total. The van der Waals surface area contributed by atoms with Gasteiger partial charge in [0.1, 0.15) is 17.6 Å². The van der Waals surface area contributed by atoms with E-state index in [4.69, 9.17) is 9.15 Å². The van der Waals surface area contributed by atoms with E-state index < -0.39 is 6.10 Å². The topological polar surface area (TPSA) is 83.7 Å². The fourth-order valence-electron chi connectivity index (χ4n) is 2.82. The first-order valence-corrected chi connectivity index (χ1v) is 8.16. The molecule has 2 heterocycles. The van der Waals surface area contributed by atoms with Crippen molar-refractivity contribution in [3.05, 3.63) is 47.9 Å². The van der Waals surface area contributed by atoms with Crippen LogP contribution in [-0.2, 0) is 6.42 Å². The van der Waals surface area contributed by atoms with Crippen LogP contribution in [0.1, 0.15) is 37.2 Å². The minimum Gasteiger partial charge on any atom is -0.493 e. The van der Waals surface area contributed by atoms with E-state index in [2.05, 4.69) is 10.6 Å². The van der Waals surface area contributed by atoms with E-state index in [-0.39, 0.29) is 12.1 Å². The average Bonchev–Trinajstić information content (AvgIpc) is 3.09. The first-order valence-electron chi connectivity index (χ1n) is 8.16. The van der Waals surface area contributed by atoms with E-state index in [1.165, 1.54) is 6.26 Å². The number of carbonyl (C=O) groups excluding carboxylic acids is 1. The lowest BCUT2D eigenvalue weighted by atomic mass is 10.1. The zero-order chi connectivity index (χ0) is 16.9. The van der Waals surface area contributed by atoms with E-state index in [1.807, 2.05) is 25.1 Å². The number of amides is 2. The van der Waals surface area contributed by atoms with Gasteiger partial charge in [-0.1, -0.05) is 0 Å². The van der Waals surface area contributed by atoms with Crippen LogP contribution < -0.4 is 15.4 Å². The van der Waals surface area contributed by atoms with Gasteiger partial charge in [0.05, 0.1) is 12.9 Å². The summed E-state index contributed by atoms with van der Waals surface area (Å²) < 4.78 is 10.7. The molecule has 0 bridgehead atoms. The molecule has 0 saturated heterocycles. The van der Waals surface area contributed by atoms with Crippen molar-refractivity contribution in [3.8, 4) is 5.75 Å². The minimum absolute atomic E-state index is 0.203. The molecule has 1 aliphatic rings. The monoisotopic (exact) mass is 330 g/mol. The molecule has 0 unspecified atom stereocenters. The van der Waals surface area contributed by atoms with Gasteiger partial charge in [-0.05, 0) is 55.7 Å². The lowest BCUT2D eigenvalue weighted by Crippen LogP contribution is -2.37. The number of nitrogens with one attached hydrogen (secondary N) is 2. The third-order valence-electron chi connectivity index (χ3n) is 3.99. The maximum absolute atomic E-state index is 12.1. The highest BCUT2D eigenvalue weighted by Gasteiger charge is 2.17. The van der Waals surface area contributed by atoms with Crippen LogP contribution in [0.25, 0.3) is 0 Å². The number of fused-ring (bicyclic) bond motifs is 1. The van der Waals surface area contributed by atoms with Crippen molar-refractivity contribution in [1.82, 2.24) is 5.32 Å². The third kappa shape index (κ3) is 4.08. The van der Waals surface area contributed by atoms with Crippen molar-refractivity contribution in [3.63, 3.8) is 0 Å². The maximum atomic E-state index is 12.1. The number of rotatable bonds is 5. The summed E-state index contributed by atoms with van der Waals surface area (Å²) in [4.78, 5) is 12.1. The van der Waals surface area contributed by atoms with E-state index in [0.29, 0.717) is 12.2 Å². The first kappa shape index (κ1) is 16.4. The number of aliphatic hydroxyl groups excluding tert-OH is 1. The van der Waals surface area contributed by atoms with Crippen LogP contribution >= 0.6 is 0 Å². The normalized spacial score (nSPS) is 15.8. The molecular formula is C18H22N2O4. The largest absolute Gasteiger partial charge is 0.493 e. The maximum Gasteiger partial charge on any atom is 0.319 e. The van der Waals surface area contributed by atoms with Crippen LogP contribution in [0.15, 0.2) is 41.0 Å². The standard InChI is InChI=1S/C18H22N2O4/c1-12(10-15(21)17-5-3-9-24-17)19-18(22)20-14-6-7-16-13(11-14)4-2-8-23-16/h3,5-7,9,11-12,15,21H,2,4,8,10H2,1H3,(H2,19,20,22)/t12-,15+/m1/s1. The predicted octanol–water partition coefficient (Wildman–Crippen LogP) is 3.24. The Bertz CT molecular complexity index is 684. The Balaban J connectivity index is 1.51. The Morgan fingerprint density at radius 1 is 1.38 bits per heavy atom. The number of urea groups is 1. The van der Waals surface area contributed by atoms with Gasteiger partial charge >= 0.3 is 6.03 Å². The highest BCUT2D eigenvalue weighted by molar-refractivity contribution is 5.89. The Morgan fingerprint density at radius 2 is 2.25 bits per heavy atom. The summed E-state index contributed by atoms with van der Waals surface area (Å²) >= 11 is 0. The van der Waals surface area contributed by atoms with E-state index in [9.17, 15) is 9.90 Å². The predicted molar refractivity (Wildman–Crippen MR) is 90.2 cm³/mol. The number of aliphatic hydroxyl groups is 1. The Labute approximate surface area is 140 Å². The molecule has 6 heteroatoms. The average molecular weight is 330 g/mol. The fourth-order valence-corrected chi connectivity index (χ4v) is 2.82. The number of hydrogen-bond acceptors (Lipinski definition) is 4. The van der Waals surface area contributed by atoms with Crippen molar-refractivity contribution in [2.24, 2.45) is 0 Å². The van der Waals surface area contributed by atoms with Gasteiger partial charge in [-0.3, -0.25) is 0 Å². The summed E-state index contributed by atoms with van der Waals surface area (Å²) in [6.45, 7) is 2.59. The van der Waals surface area contributed by atoms with E-state index in [1.54, 1.807) is 12.1 Å². The van der Waals surface area contributed by atoms with Gasteiger partial charge in [-0.2, -0.15) is 0 Å². The summed E-state index contributed by atoms with van der Waals surface area (Å²) in [5, 5.41) is 15.7. The minimum atomic E-state index is -0.740. The Kier molecular flexibility index (Phi) is 5.05. The van der Waals surface area contributed by atoms with Crippen LogP contribution in [-0.4, -0.2) is 23.8 Å². The summed E-state index contributed by atoms with van der Waals surface area (Å²) in [5.41, 5.74) is 1.84. The second kappa shape index (κ2) is 7.40. The van der Waals surface area contributed by atoms with Gasteiger partial charge in [0.25, 0.3) is 0 Å². The molecule has 128 valence electrons. The quantitative estimate of drug-likeness (QED) is 0.786. The molecule has 2 amide bonds. The fraction of sp³-hybridized carbons (Fsp3) is 0.389. The number of aryl methyl sites for hydroxylation is 1. The number of furan rings is 1. The number of hydrogen-bond donors (Lipinski definition) is 3. The molecule has 2 atom stereocenters. The van der Waals surface area contributed by atoms with E-state index in [0.717, 1.165) is 36.4 Å². The second-order valence-corrected chi connectivity index (χ2v) is 6.04. The molecule has 2 aromatic rings. The highest BCUT2D eigenvalue weighted by Crippen LogP contribution is 2.27. The summed E-state index contributed by atoms with van der Waals surface area (Å²) in [6, 6.07) is 8.59. The highest BCUT2D eigenvalue weighted by atomic mass is 16.5. The van der Waals surface area contributed by atoms with E-state index >= 15 is 0 Å². The van der Waals surface area contributed by atoms with Gasteiger partial charge in [-0.15, -0.1) is 0 Å². The van der Waals surface area contributed by atoms with Crippen LogP contribution in [0, 0.1) is 0 Å². The molecule has 1 aromatic heterocycles. The Hall–Kier alpha value is -2.47. The molecule has 1 aliphatic heterocycles. The van der Waals surface area contributed by atoms with Gasteiger partial charge in [0.2, 0.25) is 0 Å². The smallest absolute Gasteiger partial charge is 0.319 e. The summed E-state index contributed by atoms with van der Waals surface area (Å²) in [6.07, 6.45) is 3.10. The number of anilines is 1. The molecule has 0 saturated carbocycles. The van der Waals surface area contributed by atoms with Crippen molar-refractivity contribution in [1.29, 1.82) is 0 Å². The lowest BCUT2D eigenvalue weighted by Gasteiger charge is -2.19. The van der Waals surface area contributed by atoms with Crippen molar-refractivity contribution >= 4 is 11.7 Å². The van der Waals surface area contributed by atoms with Crippen LogP contribution in [0.3, 0.4) is 0 Å². The van der Waals surface area contributed by atoms with Crippen molar-refractivity contribution in [2.45, 2.75) is 38.3 Å². The zero-order valence-electron chi connectivity index (χ0n) is 13.6. The number of benzene rings is 1. The first-order chi connectivity index (χ1) is 11.6. The molecule has 0 fully saturated rings. The van der Waals surface area contributed by atoms with Crippen molar-refractivity contribution < 1.29 is 19.1 Å². The van der Waals surface area contributed by atoms with Crippen LogP contribution in [0.2, 0.25) is 0 Å². The van der Waals surface area contributed by atoms with Crippen LogP contribution in [0.4, 0.5) is 10.5 Å². The van der Waals surface area contributed by atoms with Crippen molar-refractivity contribution in [2.75, 3.05) is 11.9 Å². The molecule has 0 radical (unpaired) electrons.